The quantitative estimate of drug-likeness (QED) is 0.661. The van der Waals surface area contributed by atoms with Crippen LogP contribution in [0.15, 0.2) is 60.7 Å². The number of hydrogen-bond acceptors (Lipinski definition) is 3. The second kappa shape index (κ2) is 9.56. The number of carbonyl (C=O) groups is 2. The molecule has 0 aromatic heterocycles. The number of nitrogens with zero attached hydrogens (tertiary/aromatic N) is 1. The monoisotopic (exact) mass is 397 g/mol. The van der Waals surface area contributed by atoms with E-state index in [2.05, 4.69) is 0 Å². The predicted molar refractivity (Wildman–Crippen MR) is 110 cm³/mol. The van der Waals surface area contributed by atoms with Gasteiger partial charge >= 0.3 is 5.97 Å². The van der Waals surface area contributed by atoms with E-state index in [4.69, 9.17) is 16.3 Å². The number of halogens is 1. The predicted octanol–water partition coefficient (Wildman–Crippen LogP) is 5.07. The average molecular weight is 398 g/mol. The molecular formula is C23H24ClNO3. The fraction of sp³-hybridized carbons (Fsp3) is 0.304. The van der Waals surface area contributed by atoms with Crippen LogP contribution in [0.2, 0.25) is 5.02 Å². The number of ether oxygens (including phenoxy) is 1. The lowest BCUT2D eigenvalue weighted by Gasteiger charge is -2.30. The molecule has 5 heteroatoms. The van der Waals surface area contributed by atoms with Gasteiger partial charge in [-0.15, -0.1) is 0 Å². The Balaban J connectivity index is 2.07. The SMILES string of the molecule is CCOC(=O)C1/C=C(/c2ccccc2Cl)N(Cc2ccccc2)C(=O)CCC1. The lowest BCUT2D eigenvalue weighted by Crippen LogP contribution is -2.32. The van der Waals surface area contributed by atoms with Crippen molar-refractivity contribution in [1.82, 2.24) is 4.90 Å². The zero-order chi connectivity index (χ0) is 19.9. The molecule has 1 amide bonds. The Morgan fingerprint density at radius 3 is 2.57 bits per heavy atom. The van der Waals surface area contributed by atoms with Gasteiger partial charge < -0.3 is 9.64 Å². The number of benzene rings is 2. The van der Waals surface area contributed by atoms with Gasteiger partial charge in [0.15, 0.2) is 0 Å². The van der Waals surface area contributed by atoms with Gasteiger partial charge in [-0.1, -0.05) is 60.1 Å². The number of hydrogen-bond donors (Lipinski definition) is 0. The molecule has 0 N–H and O–H groups in total. The first-order valence-electron chi connectivity index (χ1n) is 9.57. The van der Waals surface area contributed by atoms with Gasteiger partial charge in [0, 0.05) is 22.7 Å². The molecule has 0 aliphatic carbocycles. The van der Waals surface area contributed by atoms with Crippen molar-refractivity contribution < 1.29 is 14.3 Å². The van der Waals surface area contributed by atoms with Crippen LogP contribution in [0.3, 0.4) is 0 Å². The van der Waals surface area contributed by atoms with Crippen LogP contribution in [-0.4, -0.2) is 23.4 Å². The van der Waals surface area contributed by atoms with E-state index in [1.54, 1.807) is 17.9 Å². The van der Waals surface area contributed by atoms with E-state index in [0.717, 1.165) is 11.1 Å². The Morgan fingerprint density at radius 1 is 1.14 bits per heavy atom. The Bertz CT molecular complexity index is 863. The van der Waals surface area contributed by atoms with E-state index in [1.165, 1.54) is 0 Å². The molecular weight excluding hydrogens is 374 g/mol. The van der Waals surface area contributed by atoms with E-state index in [9.17, 15) is 9.59 Å². The highest BCUT2D eigenvalue weighted by molar-refractivity contribution is 6.32. The van der Waals surface area contributed by atoms with Crippen molar-refractivity contribution in [3.05, 3.63) is 76.8 Å². The zero-order valence-corrected chi connectivity index (χ0v) is 16.7. The van der Waals surface area contributed by atoms with Crippen molar-refractivity contribution in [3.63, 3.8) is 0 Å². The summed E-state index contributed by atoms with van der Waals surface area (Å²) in [7, 11) is 0. The second-order valence-electron chi connectivity index (χ2n) is 6.75. The molecule has 1 unspecified atom stereocenters. The van der Waals surface area contributed by atoms with Crippen molar-refractivity contribution in [2.75, 3.05) is 6.61 Å². The Morgan fingerprint density at radius 2 is 1.86 bits per heavy atom. The summed E-state index contributed by atoms with van der Waals surface area (Å²) in [6, 6.07) is 17.2. The van der Waals surface area contributed by atoms with E-state index < -0.39 is 5.92 Å². The molecule has 146 valence electrons. The van der Waals surface area contributed by atoms with Crippen LogP contribution in [0.4, 0.5) is 0 Å². The summed E-state index contributed by atoms with van der Waals surface area (Å²) in [5.41, 5.74) is 2.42. The van der Waals surface area contributed by atoms with Gasteiger partial charge in [-0.3, -0.25) is 9.59 Å². The highest BCUT2D eigenvalue weighted by Gasteiger charge is 2.28. The highest BCUT2D eigenvalue weighted by atomic mass is 35.5. The standard InChI is InChI=1S/C23H24ClNO3/c1-2-28-23(27)18-11-8-14-22(26)25(16-17-9-4-3-5-10-17)21(15-18)19-12-6-7-13-20(19)24/h3-7,9-10,12-13,15,18H,2,8,11,14,16H2,1H3/b21-15-. The molecule has 1 heterocycles. The minimum absolute atomic E-state index is 0.0253. The van der Waals surface area contributed by atoms with Gasteiger partial charge in [-0.05, 0) is 37.5 Å². The number of amides is 1. The Labute approximate surface area is 170 Å². The average Bonchev–Trinajstić information content (AvgIpc) is 2.69. The van der Waals surface area contributed by atoms with E-state index in [0.29, 0.717) is 43.1 Å². The second-order valence-corrected chi connectivity index (χ2v) is 7.16. The van der Waals surface area contributed by atoms with E-state index >= 15 is 0 Å². The number of carbonyl (C=O) groups excluding carboxylic acids is 2. The third-order valence-corrected chi connectivity index (χ3v) is 5.11. The van der Waals surface area contributed by atoms with Crippen LogP contribution in [-0.2, 0) is 20.9 Å². The fourth-order valence-electron chi connectivity index (χ4n) is 3.39. The molecule has 1 aliphatic heterocycles. The van der Waals surface area contributed by atoms with Gasteiger partial charge in [0.2, 0.25) is 5.91 Å². The van der Waals surface area contributed by atoms with Crippen LogP contribution in [0, 0.1) is 5.92 Å². The Kier molecular flexibility index (Phi) is 6.88. The summed E-state index contributed by atoms with van der Waals surface area (Å²) in [6.07, 6.45) is 3.45. The largest absolute Gasteiger partial charge is 0.466 e. The van der Waals surface area contributed by atoms with Crippen molar-refractivity contribution in [1.29, 1.82) is 0 Å². The van der Waals surface area contributed by atoms with Crippen LogP contribution in [0.5, 0.6) is 0 Å². The van der Waals surface area contributed by atoms with Crippen LogP contribution in [0.1, 0.15) is 37.3 Å². The molecule has 3 rings (SSSR count). The van der Waals surface area contributed by atoms with Crippen LogP contribution >= 0.6 is 11.6 Å². The Hall–Kier alpha value is -2.59. The lowest BCUT2D eigenvalue weighted by atomic mass is 9.95. The number of rotatable bonds is 5. The maximum absolute atomic E-state index is 13.0. The third-order valence-electron chi connectivity index (χ3n) is 4.78. The minimum atomic E-state index is -0.405. The summed E-state index contributed by atoms with van der Waals surface area (Å²) >= 11 is 6.46. The van der Waals surface area contributed by atoms with Gasteiger partial charge in [-0.25, -0.2) is 0 Å². The van der Waals surface area contributed by atoms with Crippen LogP contribution in [0.25, 0.3) is 5.70 Å². The summed E-state index contributed by atoms with van der Waals surface area (Å²) < 4.78 is 5.25. The van der Waals surface area contributed by atoms with Crippen molar-refractivity contribution >= 4 is 29.2 Å². The third kappa shape index (κ3) is 4.82. The molecule has 0 bridgehead atoms. The van der Waals surface area contributed by atoms with Crippen molar-refractivity contribution in [2.24, 2.45) is 5.92 Å². The smallest absolute Gasteiger partial charge is 0.312 e. The molecule has 2 aromatic carbocycles. The first-order valence-corrected chi connectivity index (χ1v) is 9.95. The molecule has 28 heavy (non-hydrogen) atoms. The molecule has 4 nitrogen and oxygen atoms in total. The molecule has 0 spiro atoms. The normalized spacial score (nSPS) is 19.4. The zero-order valence-electron chi connectivity index (χ0n) is 15.9. The topological polar surface area (TPSA) is 46.6 Å². The minimum Gasteiger partial charge on any atom is -0.466 e. The van der Waals surface area contributed by atoms with Crippen molar-refractivity contribution in [3.8, 4) is 0 Å². The summed E-state index contributed by atoms with van der Waals surface area (Å²) in [6.45, 7) is 2.55. The van der Waals surface area contributed by atoms with Gasteiger partial charge in [0.05, 0.1) is 19.1 Å². The number of esters is 1. The van der Waals surface area contributed by atoms with E-state index in [-0.39, 0.29) is 11.9 Å². The van der Waals surface area contributed by atoms with Gasteiger partial charge in [-0.2, -0.15) is 0 Å². The highest BCUT2D eigenvalue weighted by Crippen LogP contribution is 2.33. The molecule has 0 radical (unpaired) electrons. The van der Waals surface area contributed by atoms with Gasteiger partial charge in [0.1, 0.15) is 0 Å². The van der Waals surface area contributed by atoms with Gasteiger partial charge in [0.25, 0.3) is 0 Å². The molecule has 1 aliphatic rings. The first kappa shape index (κ1) is 20.2. The summed E-state index contributed by atoms with van der Waals surface area (Å²) in [5.74, 6) is -0.643. The fourth-order valence-corrected chi connectivity index (χ4v) is 3.62. The molecule has 1 atom stereocenters. The summed E-state index contributed by atoms with van der Waals surface area (Å²) in [5, 5.41) is 0.544. The van der Waals surface area contributed by atoms with Crippen LogP contribution < -0.4 is 0 Å². The molecule has 0 saturated carbocycles. The molecule has 0 fully saturated rings. The maximum atomic E-state index is 13.0. The molecule has 2 aromatic rings. The lowest BCUT2D eigenvalue weighted by molar-refractivity contribution is -0.147. The van der Waals surface area contributed by atoms with Crippen molar-refractivity contribution in [2.45, 2.75) is 32.7 Å². The summed E-state index contributed by atoms with van der Waals surface area (Å²) in [4.78, 5) is 27.2. The van der Waals surface area contributed by atoms with E-state index in [1.807, 2.05) is 54.6 Å². The molecule has 0 saturated heterocycles. The first-order chi connectivity index (χ1) is 13.6. The maximum Gasteiger partial charge on any atom is 0.312 e.